The van der Waals surface area contributed by atoms with Crippen LogP contribution < -0.4 is 5.32 Å². The van der Waals surface area contributed by atoms with Crippen LogP contribution in [0.3, 0.4) is 0 Å². The Hall–Kier alpha value is -2.05. The number of ether oxygens (including phenoxy) is 1. The number of carbonyl (C=O) groups is 3. The molecule has 2 rings (SSSR count). The molecule has 152 valence electrons. The highest BCUT2D eigenvalue weighted by Gasteiger charge is 2.29. The van der Waals surface area contributed by atoms with Crippen molar-refractivity contribution in [3.63, 3.8) is 0 Å². The zero-order valence-corrected chi connectivity index (χ0v) is 16.7. The average molecular weight is 380 g/mol. The molecular formula is C20H33N3O4. The summed E-state index contributed by atoms with van der Waals surface area (Å²) in [5, 5.41) is 2.94. The van der Waals surface area contributed by atoms with Gasteiger partial charge in [0.25, 0.3) is 0 Å². The van der Waals surface area contributed by atoms with Crippen LogP contribution in [-0.2, 0) is 14.3 Å². The molecule has 0 aromatic rings. The number of likely N-dealkylation sites (tertiary alicyclic amines) is 1. The Labute approximate surface area is 162 Å². The van der Waals surface area contributed by atoms with Gasteiger partial charge < -0.3 is 19.9 Å². The van der Waals surface area contributed by atoms with Crippen LogP contribution >= 0.6 is 0 Å². The van der Waals surface area contributed by atoms with E-state index in [9.17, 15) is 14.4 Å². The van der Waals surface area contributed by atoms with Gasteiger partial charge in [-0.1, -0.05) is 11.6 Å². The molecule has 0 saturated carbocycles. The van der Waals surface area contributed by atoms with E-state index in [1.54, 1.807) is 16.7 Å². The van der Waals surface area contributed by atoms with E-state index in [0.29, 0.717) is 39.1 Å². The van der Waals surface area contributed by atoms with Gasteiger partial charge in [0.1, 0.15) is 0 Å². The smallest absolute Gasteiger partial charge is 0.409 e. The van der Waals surface area contributed by atoms with E-state index in [2.05, 4.69) is 11.4 Å². The molecule has 0 radical (unpaired) electrons. The average Bonchev–Trinajstić information content (AvgIpc) is 2.67. The Kier molecular flexibility index (Phi) is 8.61. The number of nitrogens with one attached hydrogen (secondary N) is 1. The minimum Gasteiger partial charge on any atom is -0.450 e. The fraction of sp³-hybridized carbons (Fsp3) is 0.750. The first-order chi connectivity index (χ1) is 13.0. The third kappa shape index (κ3) is 6.88. The molecule has 0 atom stereocenters. The van der Waals surface area contributed by atoms with Crippen LogP contribution in [0.25, 0.3) is 0 Å². The van der Waals surface area contributed by atoms with Gasteiger partial charge in [-0.15, -0.1) is 0 Å². The van der Waals surface area contributed by atoms with Gasteiger partial charge in [-0.3, -0.25) is 9.59 Å². The Balaban J connectivity index is 1.76. The second kappa shape index (κ2) is 10.9. The summed E-state index contributed by atoms with van der Waals surface area (Å²) in [5.41, 5.74) is 1.43. The molecule has 0 spiro atoms. The fourth-order valence-electron chi connectivity index (χ4n) is 3.78. The number of hydrogen-bond acceptors (Lipinski definition) is 4. The lowest BCUT2D eigenvalue weighted by Gasteiger charge is -2.37. The summed E-state index contributed by atoms with van der Waals surface area (Å²) < 4.78 is 5.02. The van der Waals surface area contributed by atoms with Crippen LogP contribution in [0.5, 0.6) is 0 Å². The van der Waals surface area contributed by atoms with E-state index in [0.717, 1.165) is 19.3 Å². The number of carbonyl (C=O) groups excluding carboxylic acids is 3. The number of amides is 3. The van der Waals surface area contributed by atoms with E-state index < -0.39 is 0 Å². The van der Waals surface area contributed by atoms with Crippen molar-refractivity contribution in [1.82, 2.24) is 15.1 Å². The van der Waals surface area contributed by atoms with Crippen LogP contribution in [0.1, 0.15) is 58.8 Å². The van der Waals surface area contributed by atoms with E-state index >= 15 is 0 Å². The molecule has 0 aromatic heterocycles. The lowest BCUT2D eigenvalue weighted by atomic mass is 9.97. The Bertz CT molecular complexity index is 553. The van der Waals surface area contributed by atoms with Crippen molar-refractivity contribution in [2.24, 2.45) is 0 Å². The molecule has 1 fully saturated rings. The van der Waals surface area contributed by atoms with Crippen LogP contribution in [0.4, 0.5) is 4.79 Å². The minimum atomic E-state index is -0.305. The van der Waals surface area contributed by atoms with Gasteiger partial charge in [0.05, 0.1) is 13.2 Å². The summed E-state index contributed by atoms with van der Waals surface area (Å²) in [6.07, 6.45) is 8.98. The lowest BCUT2D eigenvalue weighted by Crippen LogP contribution is -2.51. The highest BCUT2D eigenvalue weighted by atomic mass is 16.6. The van der Waals surface area contributed by atoms with Crippen molar-refractivity contribution in [3.8, 4) is 0 Å². The molecule has 7 nitrogen and oxygen atoms in total. The van der Waals surface area contributed by atoms with Crippen molar-refractivity contribution in [2.75, 3.05) is 32.8 Å². The molecule has 1 aliphatic carbocycles. The first kappa shape index (κ1) is 21.3. The number of allylic oxidation sites excluding steroid dienone is 1. The number of piperidine rings is 1. The van der Waals surface area contributed by atoms with Crippen LogP contribution in [0.2, 0.25) is 0 Å². The molecule has 1 saturated heterocycles. The number of rotatable bonds is 7. The summed E-state index contributed by atoms with van der Waals surface area (Å²) in [5.74, 6) is -0.218. The predicted octanol–water partition coefficient (Wildman–Crippen LogP) is 2.46. The topological polar surface area (TPSA) is 79.0 Å². The molecule has 1 aliphatic heterocycles. The molecule has 0 bridgehead atoms. The van der Waals surface area contributed by atoms with Crippen molar-refractivity contribution < 1.29 is 19.1 Å². The molecule has 7 heteroatoms. The van der Waals surface area contributed by atoms with Gasteiger partial charge in [-0.2, -0.15) is 0 Å². The maximum Gasteiger partial charge on any atom is 0.409 e. The zero-order valence-electron chi connectivity index (χ0n) is 16.7. The standard InChI is InChI=1S/C20H33N3O4/c1-3-27-20(26)22-13-10-18(11-14-22)23(16(2)24)15-19(25)21-12-9-17-7-5-4-6-8-17/h7,18H,3-6,8-15H2,1-2H3,(H,21,25). The van der Waals surface area contributed by atoms with Crippen LogP contribution in [0.15, 0.2) is 11.6 Å². The molecule has 27 heavy (non-hydrogen) atoms. The molecule has 3 amide bonds. The monoisotopic (exact) mass is 379 g/mol. The maximum atomic E-state index is 12.3. The van der Waals surface area contributed by atoms with Gasteiger partial charge in [0.2, 0.25) is 11.8 Å². The van der Waals surface area contributed by atoms with Crippen molar-refractivity contribution in [1.29, 1.82) is 0 Å². The largest absolute Gasteiger partial charge is 0.450 e. The van der Waals surface area contributed by atoms with E-state index in [4.69, 9.17) is 4.74 Å². The van der Waals surface area contributed by atoms with E-state index in [-0.39, 0.29) is 30.5 Å². The van der Waals surface area contributed by atoms with E-state index in [1.807, 2.05) is 0 Å². The van der Waals surface area contributed by atoms with Crippen LogP contribution in [-0.4, -0.2) is 66.5 Å². The first-order valence-electron chi connectivity index (χ1n) is 10.1. The highest BCUT2D eigenvalue weighted by Crippen LogP contribution is 2.20. The number of hydrogen-bond donors (Lipinski definition) is 1. The summed E-state index contributed by atoms with van der Waals surface area (Å²) >= 11 is 0. The van der Waals surface area contributed by atoms with Gasteiger partial charge in [-0.25, -0.2) is 4.79 Å². The second-order valence-corrected chi connectivity index (χ2v) is 7.27. The van der Waals surface area contributed by atoms with Crippen molar-refractivity contribution >= 4 is 17.9 Å². The fourth-order valence-corrected chi connectivity index (χ4v) is 3.78. The predicted molar refractivity (Wildman–Crippen MR) is 103 cm³/mol. The molecule has 1 N–H and O–H groups in total. The van der Waals surface area contributed by atoms with Gasteiger partial charge >= 0.3 is 6.09 Å². The molecule has 1 heterocycles. The summed E-state index contributed by atoms with van der Waals surface area (Å²) in [4.78, 5) is 39.4. The summed E-state index contributed by atoms with van der Waals surface area (Å²) in [7, 11) is 0. The van der Waals surface area contributed by atoms with Crippen molar-refractivity contribution in [2.45, 2.75) is 64.8 Å². The Morgan fingerprint density at radius 2 is 2.00 bits per heavy atom. The lowest BCUT2D eigenvalue weighted by molar-refractivity contribution is -0.137. The first-order valence-corrected chi connectivity index (χ1v) is 10.1. The quantitative estimate of drug-likeness (QED) is 0.689. The Morgan fingerprint density at radius 1 is 1.26 bits per heavy atom. The SMILES string of the molecule is CCOC(=O)N1CCC(N(CC(=O)NCCC2=CCCCC2)C(C)=O)CC1. The molecular weight excluding hydrogens is 346 g/mol. The van der Waals surface area contributed by atoms with Gasteiger partial charge in [-0.05, 0) is 51.9 Å². The van der Waals surface area contributed by atoms with Crippen LogP contribution in [0, 0.1) is 0 Å². The van der Waals surface area contributed by atoms with Gasteiger partial charge in [0, 0.05) is 32.6 Å². The second-order valence-electron chi connectivity index (χ2n) is 7.27. The summed E-state index contributed by atoms with van der Waals surface area (Å²) in [6.45, 7) is 5.43. The maximum absolute atomic E-state index is 12.3. The number of nitrogens with zero attached hydrogens (tertiary/aromatic N) is 2. The van der Waals surface area contributed by atoms with Gasteiger partial charge in [0.15, 0.2) is 0 Å². The highest BCUT2D eigenvalue weighted by molar-refractivity contribution is 5.84. The summed E-state index contributed by atoms with van der Waals surface area (Å²) in [6, 6.07) is -0.0139. The Morgan fingerprint density at radius 3 is 2.59 bits per heavy atom. The molecule has 0 unspecified atom stereocenters. The third-order valence-corrected chi connectivity index (χ3v) is 5.30. The van der Waals surface area contributed by atoms with E-state index in [1.165, 1.54) is 25.3 Å². The third-order valence-electron chi connectivity index (χ3n) is 5.30. The molecule has 0 aromatic carbocycles. The zero-order chi connectivity index (χ0) is 19.6. The normalized spacial score (nSPS) is 17.9. The molecule has 2 aliphatic rings. The minimum absolute atomic E-state index is 0.0139. The van der Waals surface area contributed by atoms with Crippen molar-refractivity contribution in [3.05, 3.63) is 11.6 Å².